The van der Waals surface area contributed by atoms with Crippen LogP contribution in [0.4, 0.5) is 0 Å². The molecule has 5 heteroatoms. The third-order valence-electron chi connectivity index (χ3n) is 3.40. The highest BCUT2D eigenvalue weighted by atomic mass is 79.9. The minimum Gasteiger partial charge on any atom is -0.454 e. The maximum Gasteiger partial charge on any atom is 0.235 e. The summed E-state index contributed by atoms with van der Waals surface area (Å²) in [7, 11) is 0. The van der Waals surface area contributed by atoms with Gasteiger partial charge in [0.05, 0.1) is 5.54 Å². The molecule has 0 radical (unpaired) electrons. The van der Waals surface area contributed by atoms with Crippen molar-refractivity contribution in [1.29, 1.82) is 0 Å². The van der Waals surface area contributed by atoms with Gasteiger partial charge in [-0.05, 0) is 37.0 Å². The van der Waals surface area contributed by atoms with Crippen molar-refractivity contribution in [1.82, 2.24) is 0 Å². The first-order chi connectivity index (χ1) is 8.25. The quantitative estimate of drug-likeness (QED) is 0.623. The van der Waals surface area contributed by atoms with Gasteiger partial charge in [-0.3, -0.25) is 0 Å². The highest BCUT2D eigenvalue weighted by molar-refractivity contribution is 9.10. The molecule has 17 heavy (non-hydrogen) atoms. The Labute approximate surface area is 107 Å². The van der Waals surface area contributed by atoms with E-state index >= 15 is 0 Å². The molecule has 0 amide bonds. The Bertz CT molecular complexity index is 519. The van der Waals surface area contributed by atoms with Crippen molar-refractivity contribution in [2.45, 2.75) is 24.8 Å². The molecular weight excluding hydrogens is 286 g/mol. The molecule has 0 unspecified atom stereocenters. The van der Waals surface area contributed by atoms with Gasteiger partial charge >= 0.3 is 0 Å². The van der Waals surface area contributed by atoms with Crippen molar-refractivity contribution in [3.63, 3.8) is 0 Å². The fourth-order valence-corrected chi connectivity index (χ4v) is 3.01. The van der Waals surface area contributed by atoms with Crippen LogP contribution in [0.25, 0.3) is 0 Å². The monoisotopic (exact) mass is 295 g/mol. The maximum absolute atomic E-state index is 10.6. The number of hydrogen-bond acceptors (Lipinski definition) is 4. The van der Waals surface area contributed by atoms with Crippen molar-refractivity contribution in [3.8, 4) is 11.5 Å². The normalized spacial score (nSPS) is 19.4. The number of isocyanates is 1. The molecule has 1 fully saturated rings. The van der Waals surface area contributed by atoms with Crippen molar-refractivity contribution < 1.29 is 14.3 Å². The number of fused-ring (bicyclic) bond motifs is 1. The summed E-state index contributed by atoms with van der Waals surface area (Å²) >= 11 is 3.51. The Morgan fingerprint density at radius 1 is 1.29 bits per heavy atom. The van der Waals surface area contributed by atoms with E-state index in [1.807, 2.05) is 12.1 Å². The number of aliphatic imine (C=N–C) groups is 1. The smallest absolute Gasteiger partial charge is 0.235 e. The molecule has 3 rings (SSSR count). The molecule has 88 valence electrons. The molecule has 0 spiro atoms. The maximum atomic E-state index is 10.6. The Morgan fingerprint density at radius 2 is 2.00 bits per heavy atom. The molecule has 1 heterocycles. The Kier molecular flexibility index (Phi) is 2.45. The molecule has 1 aromatic rings. The molecule has 4 nitrogen and oxygen atoms in total. The number of ether oxygens (including phenoxy) is 2. The second-order valence-corrected chi connectivity index (χ2v) is 5.13. The summed E-state index contributed by atoms with van der Waals surface area (Å²) in [5, 5.41) is 0. The van der Waals surface area contributed by atoms with Crippen molar-refractivity contribution in [3.05, 3.63) is 22.2 Å². The van der Waals surface area contributed by atoms with Gasteiger partial charge in [-0.2, -0.15) is 4.99 Å². The van der Waals surface area contributed by atoms with E-state index in [1.54, 1.807) is 6.08 Å². The molecule has 0 bridgehead atoms. The highest BCUT2D eigenvalue weighted by Crippen LogP contribution is 2.50. The Hall–Kier alpha value is -1.32. The number of rotatable bonds is 2. The van der Waals surface area contributed by atoms with Crippen LogP contribution in [-0.2, 0) is 10.3 Å². The predicted octanol–water partition coefficient (Wildman–Crippen LogP) is 2.89. The molecular formula is C12H10BrNO3. The standard InChI is InChI=1S/C12H10BrNO3/c13-9-5-11-10(16-7-17-11)4-8(9)12(14-6-15)2-1-3-12/h4-5H,1-3,7H2. The lowest BCUT2D eigenvalue weighted by molar-refractivity contribution is 0.173. The van der Waals surface area contributed by atoms with Crippen LogP contribution < -0.4 is 9.47 Å². The van der Waals surface area contributed by atoms with Crippen LogP contribution in [-0.4, -0.2) is 12.9 Å². The number of benzene rings is 1. The van der Waals surface area contributed by atoms with Crippen LogP contribution in [0.1, 0.15) is 24.8 Å². The third kappa shape index (κ3) is 1.58. The summed E-state index contributed by atoms with van der Waals surface area (Å²) in [6.45, 7) is 0.245. The number of hydrogen-bond donors (Lipinski definition) is 0. The van der Waals surface area contributed by atoms with Gasteiger partial charge in [0, 0.05) is 4.47 Å². The molecule has 2 aliphatic rings. The first-order valence-corrected chi connectivity index (χ1v) is 6.23. The molecule has 0 N–H and O–H groups in total. The fourth-order valence-electron chi connectivity index (χ4n) is 2.31. The van der Waals surface area contributed by atoms with Crippen molar-refractivity contribution in [2.24, 2.45) is 4.99 Å². The largest absolute Gasteiger partial charge is 0.454 e. The molecule has 0 aromatic heterocycles. The molecule has 1 saturated carbocycles. The van der Waals surface area contributed by atoms with Gasteiger partial charge < -0.3 is 9.47 Å². The summed E-state index contributed by atoms with van der Waals surface area (Å²) < 4.78 is 11.6. The lowest BCUT2D eigenvalue weighted by Gasteiger charge is -2.37. The van der Waals surface area contributed by atoms with Gasteiger partial charge in [0.15, 0.2) is 11.5 Å². The average Bonchev–Trinajstić information content (AvgIpc) is 2.69. The highest BCUT2D eigenvalue weighted by Gasteiger charge is 2.41. The van der Waals surface area contributed by atoms with Gasteiger partial charge in [0.25, 0.3) is 0 Å². The van der Waals surface area contributed by atoms with Crippen LogP contribution in [0.3, 0.4) is 0 Å². The molecule has 1 aliphatic carbocycles. The van der Waals surface area contributed by atoms with Crippen LogP contribution >= 0.6 is 15.9 Å². The molecule has 0 atom stereocenters. The fraction of sp³-hybridized carbons (Fsp3) is 0.417. The lowest BCUT2D eigenvalue weighted by atomic mass is 9.72. The Morgan fingerprint density at radius 3 is 2.59 bits per heavy atom. The summed E-state index contributed by atoms with van der Waals surface area (Å²) in [4.78, 5) is 14.6. The third-order valence-corrected chi connectivity index (χ3v) is 4.06. The summed E-state index contributed by atoms with van der Waals surface area (Å²) in [5.74, 6) is 1.45. The second-order valence-electron chi connectivity index (χ2n) is 4.27. The SMILES string of the molecule is O=C=NC1(c2cc3c(cc2Br)OCO3)CCC1. The van der Waals surface area contributed by atoms with Gasteiger partial charge in [-0.1, -0.05) is 15.9 Å². The Balaban J connectivity index is 2.11. The van der Waals surface area contributed by atoms with Gasteiger partial charge in [0.1, 0.15) is 0 Å². The first kappa shape index (κ1) is 10.8. The van der Waals surface area contributed by atoms with E-state index in [4.69, 9.17) is 9.47 Å². The van der Waals surface area contributed by atoms with Crippen LogP contribution in [0.2, 0.25) is 0 Å². The van der Waals surface area contributed by atoms with E-state index in [0.717, 1.165) is 40.8 Å². The average molecular weight is 296 g/mol. The zero-order valence-electron chi connectivity index (χ0n) is 9.03. The van der Waals surface area contributed by atoms with E-state index < -0.39 is 5.54 Å². The number of carbonyl (C=O) groups excluding carboxylic acids is 1. The van der Waals surface area contributed by atoms with E-state index in [1.165, 1.54) is 0 Å². The summed E-state index contributed by atoms with van der Waals surface area (Å²) in [5.41, 5.74) is 0.568. The molecule has 1 aromatic carbocycles. The van der Waals surface area contributed by atoms with Crippen LogP contribution in [0.15, 0.2) is 21.6 Å². The van der Waals surface area contributed by atoms with Gasteiger partial charge in [-0.15, -0.1) is 0 Å². The first-order valence-electron chi connectivity index (χ1n) is 5.44. The topological polar surface area (TPSA) is 47.9 Å². The summed E-state index contributed by atoms with van der Waals surface area (Å²) in [6, 6.07) is 3.78. The van der Waals surface area contributed by atoms with E-state index in [0.29, 0.717) is 0 Å². The van der Waals surface area contributed by atoms with Crippen molar-refractivity contribution in [2.75, 3.05) is 6.79 Å². The number of halogens is 1. The predicted molar refractivity (Wildman–Crippen MR) is 63.9 cm³/mol. The zero-order chi connectivity index (χ0) is 11.9. The minimum atomic E-state index is -0.415. The van der Waals surface area contributed by atoms with Crippen molar-refractivity contribution >= 4 is 22.0 Å². The number of nitrogens with zero attached hydrogens (tertiary/aromatic N) is 1. The summed E-state index contributed by atoms with van der Waals surface area (Å²) in [6.07, 6.45) is 4.51. The van der Waals surface area contributed by atoms with Crippen LogP contribution in [0.5, 0.6) is 11.5 Å². The van der Waals surface area contributed by atoms with Gasteiger partial charge in [0.2, 0.25) is 12.9 Å². The van der Waals surface area contributed by atoms with Gasteiger partial charge in [-0.25, -0.2) is 4.79 Å². The van der Waals surface area contributed by atoms with E-state index in [2.05, 4.69) is 20.9 Å². The second kappa shape index (κ2) is 3.86. The van der Waals surface area contributed by atoms with Crippen LogP contribution in [0, 0.1) is 0 Å². The lowest BCUT2D eigenvalue weighted by Crippen LogP contribution is -2.32. The van der Waals surface area contributed by atoms with E-state index in [-0.39, 0.29) is 6.79 Å². The molecule has 1 aliphatic heterocycles. The minimum absolute atomic E-state index is 0.245. The van der Waals surface area contributed by atoms with E-state index in [9.17, 15) is 4.79 Å². The zero-order valence-corrected chi connectivity index (χ0v) is 10.6. The molecule has 0 saturated heterocycles.